The summed E-state index contributed by atoms with van der Waals surface area (Å²) >= 11 is 0. The molecule has 0 spiro atoms. The molecule has 140 valence electrons. The van der Waals surface area contributed by atoms with Crippen LogP contribution in [0.3, 0.4) is 0 Å². The van der Waals surface area contributed by atoms with Crippen molar-refractivity contribution in [3.63, 3.8) is 0 Å². The lowest BCUT2D eigenvalue weighted by Crippen LogP contribution is -1.99. The number of hydrogen-bond acceptors (Lipinski definition) is 2. The molecule has 2 aromatic carbocycles. The minimum Gasteiger partial charge on any atom is -0.508 e. The van der Waals surface area contributed by atoms with Crippen molar-refractivity contribution in [1.29, 1.82) is 0 Å². The summed E-state index contributed by atoms with van der Waals surface area (Å²) < 4.78 is 0. The lowest BCUT2D eigenvalue weighted by molar-refractivity contribution is -0.131. The minimum absolute atomic E-state index is 0.273. The normalized spacial score (nSPS) is 15.3. The number of aromatic hydroxyl groups is 1. The Morgan fingerprint density at radius 3 is 1.85 bits per heavy atom. The van der Waals surface area contributed by atoms with Gasteiger partial charge in [0.15, 0.2) is 0 Å². The van der Waals surface area contributed by atoms with Crippen molar-refractivity contribution in [2.45, 2.75) is 44.9 Å². The maximum atomic E-state index is 10.7. The first-order chi connectivity index (χ1) is 13.1. The molecule has 27 heavy (non-hydrogen) atoms. The topological polar surface area (TPSA) is 57.5 Å². The predicted molar refractivity (Wildman–Crippen MR) is 110 cm³/mol. The number of hydrogen-bond donors (Lipinski definition) is 2. The molecule has 0 heterocycles. The van der Waals surface area contributed by atoms with Gasteiger partial charge in [-0.1, -0.05) is 61.2 Å². The highest BCUT2D eigenvalue weighted by molar-refractivity contribution is 5.86. The highest BCUT2D eigenvalue weighted by Gasteiger charge is 2.14. The second-order valence-electron chi connectivity index (χ2n) is 7.09. The predicted octanol–water partition coefficient (Wildman–Crippen LogP) is 6.04. The van der Waals surface area contributed by atoms with E-state index in [9.17, 15) is 9.90 Å². The van der Waals surface area contributed by atoms with E-state index < -0.39 is 5.97 Å². The molecular weight excluding hydrogens is 336 g/mol. The van der Waals surface area contributed by atoms with E-state index in [1.165, 1.54) is 43.3 Å². The molecule has 0 atom stereocenters. The van der Waals surface area contributed by atoms with E-state index in [4.69, 9.17) is 5.11 Å². The minimum atomic E-state index is -0.944. The highest BCUT2D eigenvalue weighted by atomic mass is 16.4. The van der Waals surface area contributed by atoms with Gasteiger partial charge < -0.3 is 10.2 Å². The van der Waals surface area contributed by atoms with Gasteiger partial charge >= 0.3 is 5.97 Å². The van der Waals surface area contributed by atoms with E-state index in [1.807, 2.05) is 24.3 Å². The number of allylic oxidation sites excluding steroid dienone is 1. The van der Waals surface area contributed by atoms with E-state index in [-0.39, 0.29) is 5.75 Å². The molecule has 0 amide bonds. The number of phenols is 1. The van der Waals surface area contributed by atoms with Crippen molar-refractivity contribution in [3.8, 4) is 5.75 Å². The van der Waals surface area contributed by atoms with Gasteiger partial charge in [-0.15, -0.1) is 0 Å². The lowest BCUT2D eigenvalue weighted by atomic mass is 9.86. The maximum absolute atomic E-state index is 10.7. The Balaban J connectivity index is 2.01. The molecule has 2 N–H and O–H groups in total. The maximum Gasteiger partial charge on any atom is 0.328 e. The van der Waals surface area contributed by atoms with Gasteiger partial charge in [-0.3, -0.25) is 0 Å². The second kappa shape index (κ2) is 9.22. The monoisotopic (exact) mass is 362 g/mol. The van der Waals surface area contributed by atoms with Crippen LogP contribution in [0.1, 0.15) is 61.6 Å². The smallest absolute Gasteiger partial charge is 0.328 e. The first-order valence-electron chi connectivity index (χ1n) is 9.66. The van der Waals surface area contributed by atoms with E-state index in [1.54, 1.807) is 18.2 Å². The van der Waals surface area contributed by atoms with Gasteiger partial charge in [-0.25, -0.2) is 4.79 Å². The number of carboxylic acid groups (broad SMARTS) is 1. The van der Waals surface area contributed by atoms with Crippen LogP contribution in [0, 0.1) is 0 Å². The number of phenolic OH excluding ortho intramolecular Hbond substituents is 1. The molecule has 3 heteroatoms. The standard InChI is InChI=1S/C24H26O3/c25-22-15-13-21(14-16-22)24(19-6-4-2-1-3-5-7-19)20-11-8-18(9-12-20)10-17-23(26)27/h8-17,25H,1-7H2,(H,26,27)/b17-10+. The Labute approximate surface area is 160 Å². The fourth-order valence-corrected chi connectivity index (χ4v) is 3.71. The third-order valence-corrected chi connectivity index (χ3v) is 5.08. The average molecular weight is 362 g/mol. The van der Waals surface area contributed by atoms with Gasteiger partial charge in [-0.2, -0.15) is 0 Å². The zero-order chi connectivity index (χ0) is 19.1. The molecule has 1 saturated carbocycles. The van der Waals surface area contributed by atoms with Gasteiger partial charge in [0, 0.05) is 6.08 Å². The fourth-order valence-electron chi connectivity index (χ4n) is 3.71. The van der Waals surface area contributed by atoms with Crippen LogP contribution in [0.2, 0.25) is 0 Å². The molecule has 1 aliphatic carbocycles. The first-order valence-corrected chi connectivity index (χ1v) is 9.66. The quantitative estimate of drug-likeness (QED) is 0.652. The highest BCUT2D eigenvalue weighted by Crippen LogP contribution is 2.34. The molecule has 0 aromatic heterocycles. The lowest BCUT2D eigenvalue weighted by Gasteiger charge is -2.19. The van der Waals surface area contributed by atoms with E-state index >= 15 is 0 Å². The van der Waals surface area contributed by atoms with Crippen LogP contribution in [-0.4, -0.2) is 16.2 Å². The molecule has 0 radical (unpaired) electrons. The Bertz CT molecular complexity index is 817. The number of rotatable bonds is 4. The molecule has 0 bridgehead atoms. The number of carboxylic acids is 1. The van der Waals surface area contributed by atoms with Gasteiger partial charge in [0.2, 0.25) is 0 Å². The van der Waals surface area contributed by atoms with Crippen LogP contribution >= 0.6 is 0 Å². The molecule has 0 saturated heterocycles. The van der Waals surface area contributed by atoms with Gasteiger partial charge in [0.25, 0.3) is 0 Å². The summed E-state index contributed by atoms with van der Waals surface area (Å²) in [5.41, 5.74) is 5.87. The van der Waals surface area contributed by atoms with Crippen LogP contribution in [-0.2, 0) is 4.79 Å². The van der Waals surface area contributed by atoms with Crippen LogP contribution in [0.25, 0.3) is 11.6 Å². The largest absolute Gasteiger partial charge is 0.508 e. The zero-order valence-electron chi connectivity index (χ0n) is 15.5. The molecule has 1 fully saturated rings. The molecular formula is C24H26O3. The second-order valence-corrected chi connectivity index (χ2v) is 7.09. The zero-order valence-corrected chi connectivity index (χ0v) is 15.5. The number of carbonyl (C=O) groups is 1. The van der Waals surface area contributed by atoms with E-state index in [2.05, 4.69) is 12.1 Å². The summed E-state index contributed by atoms with van der Waals surface area (Å²) in [6.07, 6.45) is 11.3. The summed E-state index contributed by atoms with van der Waals surface area (Å²) in [5.74, 6) is -0.671. The summed E-state index contributed by atoms with van der Waals surface area (Å²) in [6.45, 7) is 0. The van der Waals surface area contributed by atoms with Gasteiger partial charge in [0.1, 0.15) is 5.75 Å². The summed E-state index contributed by atoms with van der Waals surface area (Å²) in [5, 5.41) is 18.5. The Morgan fingerprint density at radius 1 is 0.778 bits per heavy atom. The fraction of sp³-hybridized carbons (Fsp3) is 0.292. The van der Waals surface area contributed by atoms with Crippen LogP contribution in [0.15, 0.2) is 60.2 Å². The summed E-state index contributed by atoms with van der Waals surface area (Å²) in [7, 11) is 0. The molecule has 1 aliphatic rings. The van der Waals surface area contributed by atoms with Crippen LogP contribution < -0.4 is 0 Å². The van der Waals surface area contributed by atoms with E-state index in [0.717, 1.165) is 35.6 Å². The number of aliphatic carboxylic acids is 1. The van der Waals surface area contributed by atoms with Crippen molar-refractivity contribution in [2.75, 3.05) is 0 Å². The third-order valence-electron chi connectivity index (χ3n) is 5.08. The van der Waals surface area contributed by atoms with Gasteiger partial charge in [-0.05, 0) is 66.2 Å². The van der Waals surface area contributed by atoms with Crippen molar-refractivity contribution < 1.29 is 15.0 Å². The van der Waals surface area contributed by atoms with Crippen molar-refractivity contribution in [3.05, 3.63) is 76.9 Å². The van der Waals surface area contributed by atoms with E-state index in [0.29, 0.717) is 0 Å². The first kappa shape index (κ1) is 19.0. The Kier molecular flexibility index (Phi) is 6.48. The molecule has 0 unspecified atom stereocenters. The average Bonchev–Trinajstić information content (AvgIpc) is 2.64. The number of benzene rings is 2. The molecule has 3 rings (SSSR count). The Morgan fingerprint density at radius 2 is 1.30 bits per heavy atom. The Hall–Kier alpha value is -2.81. The SMILES string of the molecule is O=C(O)/C=C/c1ccc(C(=C2CCCCCCC2)c2ccc(O)cc2)cc1. The third kappa shape index (κ3) is 5.33. The summed E-state index contributed by atoms with van der Waals surface area (Å²) in [4.78, 5) is 10.7. The van der Waals surface area contributed by atoms with Crippen molar-refractivity contribution in [1.82, 2.24) is 0 Å². The van der Waals surface area contributed by atoms with Gasteiger partial charge in [0.05, 0.1) is 0 Å². The summed E-state index contributed by atoms with van der Waals surface area (Å²) in [6, 6.07) is 15.5. The van der Waals surface area contributed by atoms with Crippen molar-refractivity contribution >= 4 is 17.6 Å². The van der Waals surface area contributed by atoms with Crippen LogP contribution in [0.5, 0.6) is 5.75 Å². The molecule has 2 aromatic rings. The van der Waals surface area contributed by atoms with Crippen molar-refractivity contribution in [2.24, 2.45) is 0 Å². The molecule has 0 aliphatic heterocycles. The molecule has 3 nitrogen and oxygen atoms in total. The van der Waals surface area contributed by atoms with Crippen LogP contribution in [0.4, 0.5) is 0 Å².